The number of amides is 2. The van der Waals surface area contributed by atoms with Crippen LogP contribution in [-0.4, -0.2) is 35.5 Å². The van der Waals surface area contributed by atoms with E-state index in [-0.39, 0.29) is 6.03 Å². The van der Waals surface area contributed by atoms with E-state index in [0.29, 0.717) is 0 Å². The molecular weight excluding hydrogens is 198 g/mol. The molecule has 2 rings (SSSR count). The number of thiazole rings is 1. The lowest BCUT2D eigenvalue weighted by Gasteiger charge is -2.12. The molecule has 1 aromatic heterocycles. The molecule has 0 unspecified atom stereocenters. The zero-order valence-electron chi connectivity index (χ0n) is 8.12. The van der Waals surface area contributed by atoms with Gasteiger partial charge in [0.05, 0.1) is 11.2 Å². The summed E-state index contributed by atoms with van der Waals surface area (Å²) in [6.07, 6.45) is 0.921. The fraction of sp³-hybridized carbons (Fsp3) is 0.556. The molecule has 4 nitrogen and oxygen atoms in total. The monoisotopic (exact) mass is 211 g/mol. The highest BCUT2D eigenvalue weighted by Crippen LogP contribution is 2.13. The highest BCUT2D eigenvalue weighted by atomic mass is 32.1. The minimum atomic E-state index is 0.0622. The topological polar surface area (TPSA) is 45.2 Å². The molecule has 2 heterocycles. The summed E-state index contributed by atoms with van der Waals surface area (Å²) in [7, 11) is 0. The molecule has 0 bridgehead atoms. The van der Waals surface area contributed by atoms with E-state index < -0.39 is 0 Å². The molecule has 5 heteroatoms. The van der Waals surface area contributed by atoms with Crippen molar-refractivity contribution in [2.75, 3.05) is 19.6 Å². The largest absolute Gasteiger partial charge is 0.336 e. The second kappa shape index (κ2) is 3.96. The van der Waals surface area contributed by atoms with Gasteiger partial charge in [0.2, 0.25) is 0 Å². The molecule has 0 aromatic carbocycles. The Balaban J connectivity index is 1.88. The Kier molecular flexibility index (Phi) is 2.67. The van der Waals surface area contributed by atoms with Crippen LogP contribution in [0.1, 0.15) is 10.6 Å². The van der Waals surface area contributed by atoms with Crippen molar-refractivity contribution in [2.45, 2.75) is 13.3 Å². The van der Waals surface area contributed by atoms with Gasteiger partial charge in [0.15, 0.2) is 0 Å². The van der Waals surface area contributed by atoms with Crippen LogP contribution in [-0.2, 0) is 6.42 Å². The lowest BCUT2D eigenvalue weighted by molar-refractivity contribution is 0.218. The fourth-order valence-electron chi connectivity index (χ4n) is 1.53. The van der Waals surface area contributed by atoms with Crippen LogP contribution >= 0.6 is 11.3 Å². The number of hydrogen-bond donors (Lipinski definition) is 1. The van der Waals surface area contributed by atoms with Crippen molar-refractivity contribution >= 4 is 17.4 Å². The molecule has 0 radical (unpaired) electrons. The van der Waals surface area contributed by atoms with Crippen molar-refractivity contribution in [1.29, 1.82) is 0 Å². The van der Waals surface area contributed by atoms with Gasteiger partial charge in [-0.25, -0.2) is 9.78 Å². The van der Waals surface area contributed by atoms with Gasteiger partial charge in [-0.3, -0.25) is 0 Å². The molecular formula is C9H13N3OS. The fourth-order valence-corrected chi connectivity index (χ4v) is 2.30. The normalized spacial score (nSPS) is 16.1. The van der Waals surface area contributed by atoms with Crippen molar-refractivity contribution in [3.63, 3.8) is 0 Å². The zero-order valence-corrected chi connectivity index (χ0v) is 8.93. The van der Waals surface area contributed by atoms with E-state index in [1.807, 2.05) is 17.3 Å². The third-order valence-electron chi connectivity index (χ3n) is 2.40. The molecule has 1 aliphatic rings. The summed E-state index contributed by atoms with van der Waals surface area (Å²) in [4.78, 5) is 18.5. The molecule has 0 aliphatic carbocycles. The first-order valence-electron chi connectivity index (χ1n) is 4.69. The van der Waals surface area contributed by atoms with Crippen molar-refractivity contribution in [3.05, 3.63) is 16.1 Å². The molecule has 2 amide bonds. The van der Waals surface area contributed by atoms with Crippen LogP contribution in [0.4, 0.5) is 4.79 Å². The molecule has 1 aromatic rings. The molecule has 14 heavy (non-hydrogen) atoms. The van der Waals surface area contributed by atoms with Crippen LogP contribution < -0.4 is 5.32 Å². The van der Waals surface area contributed by atoms with E-state index in [1.54, 1.807) is 11.3 Å². The van der Waals surface area contributed by atoms with E-state index in [2.05, 4.69) is 10.3 Å². The Labute approximate surface area is 86.9 Å². The summed E-state index contributed by atoms with van der Waals surface area (Å²) in [5.41, 5.74) is 2.95. The third-order valence-corrected chi connectivity index (χ3v) is 3.39. The van der Waals surface area contributed by atoms with Crippen molar-refractivity contribution in [1.82, 2.24) is 15.2 Å². The van der Waals surface area contributed by atoms with Gasteiger partial charge in [-0.2, -0.15) is 0 Å². The molecule has 0 atom stereocenters. The average Bonchev–Trinajstić information content (AvgIpc) is 2.72. The highest BCUT2D eigenvalue weighted by Gasteiger charge is 2.18. The number of aromatic nitrogens is 1. The SMILES string of the molecule is Cc1ncsc1CCN1CCNC1=O. The Morgan fingerprint density at radius 2 is 2.57 bits per heavy atom. The summed E-state index contributed by atoms with van der Waals surface area (Å²) in [5.74, 6) is 0. The van der Waals surface area contributed by atoms with Crippen LogP contribution in [0.15, 0.2) is 5.51 Å². The molecule has 1 saturated heterocycles. The standard InChI is InChI=1S/C9H13N3OS/c1-7-8(14-6-11-7)2-4-12-5-3-10-9(12)13/h6H,2-5H2,1H3,(H,10,13). The second-order valence-electron chi connectivity index (χ2n) is 3.33. The van der Waals surface area contributed by atoms with E-state index in [9.17, 15) is 4.79 Å². The van der Waals surface area contributed by atoms with Crippen LogP contribution in [0.2, 0.25) is 0 Å². The lowest BCUT2D eigenvalue weighted by atomic mass is 10.3. The number of nitrogens with one attached hydrogen (secondary N) is 1. The van der Waals surface area contributed by atoms with Crippen LogP contribution in [0.5, 0.6) is 0 Å². The number of carbonyl (C=O) groups excluding carboxylic acids is 1. The summed E-state index contributed by atoms with van der Waals surface area (Å²) in [6.45, 7) is 4.42. The first-order chi connectivity index (χ1) is 6.77. The number of carbonyl (C=O) groups is 1. The number of aryl methyl sites for hydroxylation is 1. The predicted molar refractivity (Wildman–Crippen MR) is 55.5 cm³/mol. The molecule has 0 spiro atoms. The predicted octanol–water partition coefficient (Wildman–Crippen LogP) is 1.02. The number of hydrogen-bond acceptors (Lipinski definition) is 3. The molecule has 76 valence electrons. The van der Waals surface area contributed by atoms with Crippen molar-refractivity contribution in [2.24, 2.45) is 0 Å². The third kappa shape index (κ3) is 1.87. The van der Waals surface area contributed by atoms with Gasteiger partial charge in [0, 0.05) is 30.9 Å². The summed E-state index contributed by atoms with van der Waals surface area (Å²) in [6, 6.07) is 0.0622. The van der Waals surface area contributed by atoms with E-state index in [0.717, 1.165) is 31.7 Å². The Bertz CT molecular complexity index is 337. The van der Waals surface area contributed by atoms with E-state index in [4.69, 9.17) is 0 Å². The molecule has 0 saturated carbocycles. The van der Waals surface area contributed by atoms with Gasteiger partial charge in [0.25, 0.3) is 0 Å². The maximum absolute atomic E-state index is 11.2. The minimum absolute atomic E-state index is 0.0622. The number of rotatable bonds is 3. The number of urea groups is 1. The van der Waals surface area contributed by atoms with Crippen molar-refractivity contribution < 1.29 is 4.79 Å². The summed E-state index contributed by atoms with van der Waals surface area (Å²) in [5, 5.41) is 2.79. The second-order valence-corrected chi connectivity index (χ2v) is 4.27. The van der Waals surface area contributed by atoms with Gasteiger partial charge < -0.3 is 10.2 Å². The first kappa shape index (κ1) is 9.45. The molecule has 1 fully saturated rings. The van der Waals surface area contributed by atoms with Gasteiger partial charge in [-0.05, 0) is 6.92 Å². The van der Waals surface area contributed by atoms with E-state index in [1.165, 1.54) is 4.88 Å². The maximum atomic E-state index is 11.2. The van der Waals surface area contributed by atoms with Crippen molar-refractivity contribution in [3.8, 4) is 0 Å². The van der Waals surface area contributed by atoms with Crippen LogP contribution in [0, 0.1) is 6.92 Å². The van der Waals surface area contributed by atoms with Gasteiger partial charge in [0.1, 0.15) is 0 Å². The Morgan fingerprint density at radius 1 is 1.71 bits per heavy atom. The number of nitrogens with zero attached hydrogens (tertiary/aromatic N) is 2. The quantitative estimate of drug-likeness (QED) is 0.811. The summed E-state index contributed by atoms with van der Waals surface area (Å²) < 4.78 is 0. The summed E-state index contributed by atoms with van der Waals surface area (Å²) >= 11 is 1.66. The minimum Gasteiger partial charge on any atom is -0.336 e. The maximum Gasteiger partial charge on any atom is 0.317 e. The Hall–Kier alpha value is -1.10. The highest BCUT2D eigenvalue weighted by molar-refractivity contribution is 7.09. The average molecular weight is 211 g/mol. The van der Waals surface area contributed by atoms with Crippen LogP contribution in [0.25, 0.3) is 0 Å². The molecule has 1 N–H and O–H groups in total. The first-order valence-corrected chi connectivity index (χ1v) is 5.57. The van der Waals surface area contributed by atoms with Gasteiger partial charge >= 0.3 is 6.03 Å². The smallest absolute Gasteiger partial charge is 0.317 e. The van der Waals surface area contributed by atoms with Gasteiger partial charge in [-0.15, -0.1) is 11.3 Å². The van der Waals surface area contributed by atoms with Gasteiger partial charge in [-0.1, -0.05) is 0 Å². The zero-order chi connectivity index (χ0) is 9.97. The Morgan fingerprint density at radius 3 is 3.14 bits per heavy atom. The molecule has 1 aliphatic heterocycles. The van der Waals surface area contributed by atoms with E-state index >= 15 is 0 Å². The lowest BCUT2D eigenvalue weighted by Crippen LogP contribution is -2.29. The van der Waals surface area contributed by atoms with Crippen LogP contribution in [0.3, 0.4) is 0 Å².